The molecule has 0 aliphatic rings. The van der Waals surface area contributed by atoms with Crippen molar-refractivity contribution >= 4 is 5.57 Å². The maximum atomic E-state index is 5.30. The van der Waals surface area contributed by atoms with Crippen LogP contribution in [0.4, 0.5) is 0 Å². The Balaban J connectivity index is 2.96. The van der Waals surface area contributed by atoms with Gasteiger partial charge in [0.25, 0.3) is 5.89 Å². The van der Waals surface area contributed by atoms with E-state index in [2.05, 4.69) is 10.1 Å². The topological polar surface area (TPSA) is 91.0 Å². The van der Waals surface area contributed by atoms with Crippen LogP contribution in [0.3, 0.4) is 0 Å². The number of hydrogen-bond donors (Lipinski definition) is 2. The summed E-state index contributed by atoms with van der Waals surface area (Å²) in [5, 5.41) is 3.61. The van der Waals surface area contributed by atoms with E-state index in [-0.39, 0.29) is 0 Å². The van der Waals surface area contributed by atoms with Gasteiger partial charge in [0.1, 0.15) is 0 Å². The normalized spacial score (nSPS) is 12.6. The molecule has 5 nitrogen and oxygen atoms in total. The lowest BCUT2D eigenvalue weighted by Crippen LogP contribution is -1.88. The van der Waals surface area contributed by atoms with Crippen molar-refractivity contribution in [3.63, 3.8) is 0 Å². The summed E-state index contributed by atoms with van der Waals surface area (Å²) < 4.78 is 4.85. The van der Waals surface area contributed by atoms with Crippen molar-refractivity contribution < 1.29 is 4.52 Å². The van der Waals surface area contributed by atoms with Crippen LogP contribution < -0.4 is 11.5 Å². The monoisotopic (exact) mass is 166 g/mol. The highest BCUT2D eigenvalue weighted by molar-refractivity contribution is 5.67. The average Bonchev–Trinajstić information content (AvgIpc) is 2.47. The molecule has 0 fully saturated rings. The van der Waals surface area contributed by atoms with Crippen LogP contribution in [0.5, 0.6) is 0 Å². The van der Waals surface area contributed by atoms with E-state index in [9.17, 15) is 0 Å². The van der Waals surface area contributed by atoms with Crippen molar-refractivity contribution in [3.05, 3.63) is 30.2 Å². The van der Waals surface area contributed by atoms with Crippen LogP contribution in [0.2, 0.25) is 0 Å². The van der Waals surface area contributed by atoms with Gasteiger partial charge in [-0.25, -0.2) is 0 Å². The van der Waals surface area contributed by atoms with Crippen LogP contribution >= 0.6 is 0 Å². The highest BCUT2D eigenvalue weighted by Crippen LogP contribution is 2.10. The fourth-order valence-electron chi connectivity index (χ4n) is 0.716. The van der Waals surface area contributed by atoms with Gasteiger partial charge >= 0.3 is 0 Å². The molecular weight excluding hydrogens is 156 g/mol. The molecular formula is C7H10N4O. The van der Waals surface area contributed by atoms with E-state index in [0.717, 1.165) is 0 Å². The minimum Gasteiger partial charge on any atom is -0.405 e. The largest absolute Gasteiger partial charge is 0.405 e. The lowest BCUT2D eigenvalue weighted by molar-refractivity contribution is 0.403. The first kappa shape index (κ1) is 8.32. The van der Waals surface area contributed by atoms with Gasteiger partial charge in [0.2, 0.25) is 0 Å². The number of allylic oxidation sites excluding steroid dienone is 2. The molecule has 0 aromatic carbocycles. The molecule has 0 saturated heterocycles. The highest BCUT2D eigenvalue weighted by Gasteiger charge is 2.04. The third-order valence-corrected chi connectivity index (χ3v) is 1.23. The van der Waals surface area contributed by atoms with Gasteiger partial charge in [-0.1, -0.05) is 5.16 Å². The number of rotatable bonds is 2. The number of hydrogen-bond acceptors (Lipinski definition) is 5. The molecule has 1 heterocycles. The van der Waals surface area contributed by atoms with Gasteiger partial charge in [-0.3, -0.25) is 0 Å². The van der Waals surface area contributed by atoms with Crippen LogP contribution in [-0.4, -0.2) is 10.1 Å². The molecule has 64 valence electrons. The SMILES string of the molecule is Cc1noc(C(/C=C\N)=C/N)n1. The molecule has 4 N–H and O–H groups in total. The molecule has 0 spiro atoms. The molecule has 0 aliphatic heterocycles. The maximum Gasteiger partial charge on any atom is 0.259 e. The van der Waals surface area contributed by atoms with Crippen molar-refractivity contribution in [1.82, 2.24) is 10.1 Å². The summed E-state index contributed by atoms with van der Waals surface area (Å²) in [4.78, 5) is 3.97. The number of nitrogens with zero attached hydrogens (tertiary/aromatic N) is 2. The first-order valence-electron chi connectivity index (χ1n) is 3.38. The zero-order valence-corrected chi connectivity index (χ0v) is 6.69. The number of aromatic nitrogens is 2. The number of aryl methyl sites for hydroxylation is 1. The Morgan fingerprint density at radius 2 is 2.25 bits per heavy atom. The lowest BCUT2D eigenvalue weighted by atomic mass is 10.3. The summed E-state index contributed by atoms with van der Waals surface area (Å²) in [6.45, 7) is 1.73. The van der Waals surface area contributed by atoms with Crippen molar-refractivity contribution in [2.75, 3.05) is 0 Å². The Hall–Kier alpha value is -1.78. The minimum absolute atomic E-state index is 0.372. The molecule has 5 heteroatoms. The molecule has 1 aromatic rings. The van der Waals surface area contributed by atoms with E-state index in [4.69, 9.17) is 16.0 Å². The Labute approximate surface area is 69.7 Å². The Bertz CT molecular complexity index is 313. The highest BCUT2D eigenvalue weighted by atomic mass is 16.5. The van der Waals surface area contributed by atoms with E-state index >= 15 is 0 Å². The second-order valence-electron chi connectivity index (χ2n) is 2.13. The van der Waals surface area contributed by atoms with E-state index in [1.807, 2.05) is 0 Å². The molecule has 0 amide bonds. The molecule has 12 heavy (non-hydrogen) atoms. The number of nitrogens with two attached hydrogens (primary N) is 2. The molecule has 0 saturated carbocycles. The van der Waals surface area contributed by atoms with Crippen LogP contribution in [0, 0.1) is 6.92 Å². The third-order valence-electron chi connectivity index (χ3n) is 1.23. The summed E-state index contributed by atoms with van der Waals surface area (Å²) in [6.07, 6.45) is 4.31. The lowest BCUT2D eigenvalue weighted by Gasteiger charge is -1.89. The van der Waals surface area contributed by atoms with Crippen molar-refractivity contribution in [2.24, 2.45) is 11.5 Å². The fraction of sp³-hybridized carbons (Fsp3) is 0.143. The fourth-order valence-corrected chi connectivity index (χ4v) is 0.716. The summed E-state index contributed by atoms with van der Waals surface area (Å²) in [5.74, 6) is 0.937. The minimum atomic E-state index is 0.372. The maximum absolute atomic E-state index is 5.30. The van der Waals surface area contributed by atoms with Gasteiger partial charge in [-0.15, -0.1) is 0 Å². The Morgan fingerprint density at radius 3 is 2.67 bits per heavy atom. The van der Waals surface area contributed by atoms with Gasteiger partial charge in [-0.2, -0.15) is 4.98 Å². The summed E-state index contributed by atoms with van der Waals surface area (Å²) >= 11 is 0. The molecule has 1 aromatic heterocycles. The smallest absolute Gasteiger partial charge is 0.259 e. The van der Waals surface area contributed by atoms with Gasteiger partial charge < -0.3 is 16.0 Å². The van der Waals surface area contributed by atoms with Gasteiger partial charge in [-0.05, 0) is 19.2 Å². The van der Waals surface area contributed by atoms with Gasteiger partial charge in [0.05, 0.1) is 5.57 Å². The second kappa shape index (κ2) is 3.56. The average molecular weight is 166 g/mol. The van der Waals surface area contributed by atoms with E-state index < -0.39 is 0 Å². The summed E-state index contributed by atoms with van der Waals surface area (Å²) in [5.41, 5.74) is 11.1. The van der Waals surface area contributed by atoms with Crippen LogP contribution in [0.25, 0.3) is 5.57 Å². The zero-order chi connectivity index (χ0) is 8.97. The van der Waals surface area contributed by atoms with E-state index in [1.54, 1.807) is 13.0 Å². The molecule has 0 radical (unpaired) electrons. The van der Waals surface area contributed by atoms with Crippen LogP contribution in [-0.2, 0) is 0 Å². The predicted octanol–water partition coefficient (Wildman–Crippen LogP) is 0.150. The quantitative estimate of drug-likeness (QED) is 0.610. The van der Waals surface area contributed by atoms with Crippen LogP contribution in [0.1, 0.15) is 11.7 Å². The summed E-state index contributed by atoms with van der Waals surface area (Å²) in [6, 6.07) is 0. The molecule has 0 atom stereocenters. The van der Waals surface area contributed by atoms with Gasteiger partial charge in [0, 0.05) is 6.20 Å². The predicted molar refractivity (Wildman–Crippen MR) is 44.5 cm³/mol. The molecule has 0 aliphatic carbocycles. The molecule has 1 rings (SSSR count). The first-order chi connectivity index (χ1) is 5.77. The van der Waals surface area contributed by atoms with E-state index in [0.29, 0.717) is 17.3 Å². The standard InChI is InChI=1S/C7H10N4O/c1-5-10-7(12-11-5)6(4-9)2-3-8/h2-4H,8-9H2,1H3/b3-2-,6-4+. The van der Waals surface area contributed by atoms with Crippen molar-refractivity contribution in [3.8, 4) is 0 Å². The van der Waals surface area contributed by atoms with Crippen LogP contribution in [0.15, 0.2) is 23.0 Å². The second-order valence-corrected chi connectivity index (χ2v) is 2.13. The van der Waals surface area contributed by atoms with Crippen molar-refractivity contribution in [2.45, 2.75) is 6.92 Å². The molecule has 0 unspecified atom stereocenters. The van der Waals surface area contributed by atoms with Crippen molar-refractivity contribution in [1.29, 1.82) is 0 Å². The first-order valence-corrected chi connectivity index (χ1v) is 3.38. The zero-order valence-electron chi connectivity index (χ0n) is 6.69. The third kappa shape index (κ3) is 1.63. The van der Waals surface area contributed by atoms with E-state index in [1.165, 1.54) is 12.4 Å². The Morgan fingerprint density at radius 1 is 1.50 bits per heavy atom. The molecule has 0 bridgehead atoms. The Kier molecular flexibility index (Phi) is 2.47. The summed E-state index contributed by atoms with van der Waals surface area (Å²) in [7, 11) is 0. The van der Waals surface area contributed by atoms with Gasteiger partial charge in [0.15, 0.2) is 5.82 Å².